The molecule has 2 aromatic carbocycles. The van der Waals surface area contributed by atoms with Gasteiger partial charge >= 0.3 is 0 Å². The van der Waals surface area contributed by atoms with Crippen LogP contribution in [0.25, 0.3) is 0 Å². The molecule has 19 heavy (non-hydrogen) atoms. The molecule has 0 amide bonds. The van der Waals surface area contributed by atoms with E-state index in [-0.39, 0.29) is 0 Å². The molecule has 0 bridgehead atoms. The summed E-state index contributed by atoms with van der Waals surface area (Å²) in [6, 6.07) is 12.9. The summed E-state index contributed by atoms with van der Waals surface area (Å²) in [5.74, 6) is 1.30. The lowest BCUT2D eigenvalue weighted by molar-refractivity contribution is 0.214. The van der Waals surface area contributed by atoms with Gasteiger partial charge in [0.2, 0.25) is 0 Å². The highest BCUT2D eigenvalue weighted by atomic mass is 79.9. The maximum atomic E-state index is 10.5. The molecule has 1 N–H and O–H groups in total. The maximum absolute atomic E-state index is 10.5. The molecule has 1 atom stereocenters. The Balaban J connectivity index is 2.40. The first-order chi connectivity index (χ1) is 9.15. The molecule has 0 aliphatic rings. The average Bonchev–Trinajstić information content (AvgIpc) is 2.45. The molecule has 3 nitrogen and oxygen atoms in total. The minimum Gasteiger partial charge on any atom is -0.497 e. The molecular formula is C15H15BrO3. The SMILES string of the molecule is COc1ccc(C(O)c2cccc(Br)c2)c(OC)c1. The van der Waals surface area contributed by atoms with E-state index >= 15 is 0 Å². The third kappa shape index (κ3) is 3.08. The first-order valence-corrected chi connectivity index (χ1v) is 6.60. The van der Waals surface area contributed by atoms with Gasteiger partial charge in [-0.2, -0.15) is 0 Å². The predicted octanol–water partition coefficient (Wildman–Crippen LogP) is 3.55. The van der Waals surface area contributed by atoms with Crippen molar-refractivity contribution in [1.82, 2.24) is 0 Å². The fourth-order valence-electron chi connectivity index (χ4n) is 1.90. The molecule has 4 heteroatoms. The average molecular weight is 323 g/mol. The van der Waals surface area contributed by atoms with Crippen LogP contribution in [-0.2, 0) is 0 Å². The topological polar surface area (TPSA) is 38.7 Å². The summed E-state index contributed by atoms with van der Waals surface area (Å²) in [6.45, 7) is 0. The zero-order valence-electron chi connectivity index (χ0n) is 10.8. The van der Waals surface area contributed by atoms with Crippen molar-refractivity contribution in [3.05, 3.63) is 58.1 Å². The summed E-state index contributed by atoms with van der Waals surface area (Å²) in [7, 11) is 3.17. The van der Waals surface area contributed by atoms with E-state index in [1.807, 2.05) is 30.3 Å². The van der Waals surface area contributed by atoms with Gasteiger partial charge in [0.15, 0.2) is 0 Å². The van der Waals surface area contributed by atoms with Gasteiger partial charge in [-0.25, -0.2) is 0 Å². The zero-order valence-corrected chi connectivity index (χ0v) is 12.3. The van der Waals surface area contributed by atoms with E-state index in [0.29, 0.717) is 17.1 Å². The summed E-state index contributed by atoms with van der Waals surface area (Å²) in [6.07, 6.45) is -0.738. The van der Waals surface area contributed by atoms with Crippen LogP contribution in [0, 0.1) is 0 Å². The van der Waals surface area contributed by atoms with Crippen LogP contribution in [0.1, 0.15) is 17.2 Å². The predicted molar refractivity (Wildman–Crippen MR) is 77.7 cm³/mol. The lowest BCUT2D eigenvalue weighted by Crippen LogP contribution is -2.02. The van der Waals surface area contributed by atoms with E-state index in [0.717, 1.165) is 10.0 Å². The highest BCUT2D eigenvalue weighted by Crippen LogP contribution is 2.33. The fourth-order valence-corrected chi connectivity index (χ4v) is 2.32. The Labute approximate surface area is 120 Å². The van der Waals surface area contributed by atoms with Gasteiger partial charge in [-0.3, -0.25) is 0 Å². The smallest absolute Gasteiger partial charge is 0.128 e. The second-order valence-corrected chi connectivity index (χ2v) is 4.98. The van der Waals surface area contributed by atoms with Crippen molar-refractivity contribution in [3.8, 4) is 11.5 Å². The van der Waals surface area contributed by atoms with Gasteiger partial charge in [0.25, 0.3) is 0 Å². The summed E-state index contributed by atoms with van der Waals surface area (Å²) in [5.41, 5.74) is 1.51. The molecule has 0 fully saturated rings. The second kappa shape index (κ2) is 6.08. The zero-order chi connectivity index (χ0) is 13.8. The minimum atomic E-state index is -0.738. The van der Waals surface area contributed by atoms with Crippen molar-refractivity contribution in [2.75, 3.05) is 14.2 Å². The Kier molecular flexibility index (Phi) is 4.45. The highest BCUT2D eigenvalue weighted by molar-refractivity contribution is 9.10. The van der Waals surface area contributed by atoms with Crippen LogP contribution in [0.2, 0.25) is 0 Å². The Morgan fingerprint density at radius 2 is 1.84 bits per heavy atom. The first-order valence-electron chi connectivity index (χ1n) is 5.81. The van der Waals surface area contributed by atoms with Crippen molar-refractivity contribution in [2.45, 2.75) is 6.10 Å². The molecule has 2 rings (SSSR count). The Hall–Kier alpha value is -1.52. The molecule has 2 aromatic rings. The van der Waals surface area contributed by atoms with E-state index in [9.17, 15) is 5.11 Å². The molecule has 0 aromatic heterocycles. The van der Waals surface area contributed by atoms with E-state index in [1.54, 1.807) is 26.4 Å². The Morgan fingerprint density at radius 1 is 1.05 bits per heavy atom. The van der Waals surface area contributed by atoms with Crippen LogP contribution in [0.15, 0.2) is 46.9 Å². The molecule has 0 saturated carbocycles. The third-order valence-corrected chi connectivity index (χ3v) is 3.39. The largest absolute Gasteiger partial charge is 0.497 e. The van der Waals surface area contributed by atoms with Crippen molar-refractivity contribution < 1.29 is 14.6 Å². The van der Waals surface area contributed by atoms with E-state index < -0.39 is 6.10 Å². The molecule has 1 unspecified atom stereocenters. The normalized spacial score (nSPS) is 12.0. The first kappa shape index (κ1) is 13.9. The van der Waals surface area contributed by atoms with Crippen LogP contribution in [0.3, 0.4) is 0 Å². The summed E-state index contributed by atoms with van der Waals surface area (Å²) in [5, 5.41) is 10.5. The summed E-state index contributed by atoms with van der Waals surface area (Å²) < 4.78 is 11.4. The second-order valence-electron chi connectivity index (χ2n) is 4.07. The summed E-state index contributed by atoms with van der Waals surface area (Å²) in [4.78, 5) is 0. The lowest BCUT2D eigenvalue weighted by Gasteiger charge is -2.16. The van der Waals surface area contributed by atoms with Gasteiger partial charge in [0.05, 0.1) is 14.2 Å². The molecule has 0 aliphatic heterocycles. The molecule has 0 radical (unpaired) electrons. The number of hydrogen-bond donors (Lipinski definition) is 1. The number of methoxy groups -OCH3 is 2. The highest BCUT2D eigenvalue weighted by Gasteiger charge is 2.16. The van der Waals surface area contributed by atoms with Gasteiger partial charge in [0.1, 0.15) is 17.6 Å². The van der Waals surface area contributed by atoms with E-state index in [4.69, 9.17) is 9.47 Å². The van der Waals surface area contributed by atoms with E-state index in [2.05, 4.69) is 15.9 Å². The van der Waals surface area contributed by atoms with Crippen molar-refractivity contribution in [3.63, 3.8) is 0 Å². The number of aliphatic hydroxyl groups excluding tert-OH is 1. The Morgan fingerprint density at radius 3 is 2.47 bits per heavy atom. The standard InChI is InChI=1S/C15H15BrO3/c1-18-12-6-7-13(14(9-12)19-2)15(17)10-4-3-5-11(16)8-10/h3-9,15,17H,1-2H3. The van der Waals surface area contributed by atoms with Gasteiger partial charge < -0.3 is 14.6 Å². The third-order valence-electron chi connectivity index (χ3n) is 2.90. The molecule has 0 saturated heterocycles. The quantitative estimate of drug-likeness (QED) is 0.935. The van der Waals surface area contributed by atoms with Crippen LogP contribution in [0.5, 0.6) is 11.5 Å². The van der Waals surface area contributed by atoms with Crippen molar-refractivity contribution in [1.29, 1.82) is 0 Å². The van der Waals surface area contributed by atoms with Gasteiger partial charge in [-0.05, 0) is 29.8 Å². The van der Waals surface area contributed by atoms with Crippen LogP contribution in [0.4, 0.5) is 0 Å². The maximum Gasteiger partial charge on any atom is 0.128 e. The number of hydrogen-bond acceptors (Lipinski definition) is 3. The van der Waals surface area contributed by atoms with Gasteiger partial charge in [-0.15, -0.1) is 0 Å². The Bertz CT molecular complexity index is 569. The van der Waals surface area contributed by atoms with Gasteiger partial charge in [-0.1, -0.05) is 28.1 Å². The van der Waals surface area contributed by atoms with Crippen LogP contribution >= 0.6 is 15.9 Å². The van der Waals surface area contributed by atoms with Crippen molar-refractivity contribution >= 4 is 15.9 Å². The number of ether oxygens (including phenoxy) is 2. The summed E-state index contributed by atoms with van der Waals surface area (Å²) >= 11 is 3.40. The molecule has 0 heterocycles. The number of benzene rings is 2. The van der Waals surface area contributed by atoms with Crippen LogP contribution < -0.4 is 9.47 Å². The van der Waals surface area contributed by atoms with Crippen molar-refractivity contribution in [2.24, 2.45) is 0 Å². The molecule has 100 valence electrons. The van der Waals surface area contributed by atoms with E-state index in [1.165, 1.54) is 0 Å². The molecular weight excluding hydrogens is 308 g/mol. The number of halogens is 1. The minimum absolute atomic E-state index is 0.604. The van der Waals surface area contributed by atoms with Crippen LogP contribution in [-0.4, -0.2) is 19.3 Å². The molecule has 0 spiro atoms. The molecule has 0 aliphatic carbocycles. The lowest BCUT2D eigenvalue weighted by atomic mass is 10.0. The number of rotatable bonds is 4. The fraction of sp³-hybridized carbons (Fsp3) is 0.200. The monoisotopic (exact) mass is 322 g/mol. The van der Waals surface area contributed by atoms with Gasteiger partial charge in [0, 0.05) is 16.1 Å². The number of aliphatic hydroxyl groups is 1.